The predicted molar refractivity (Wildman–Crippen MR) is 166 cm³/mol. The molecule has 8 aliphatic rings. The summed E-state index contributed by atoms with van der Waals surface area (Å²) in [5, 5.41) is 0. The topological polar surface area (TPSA) is 90.9 Å². The van der Waals surface area contributed by atoms with Gasteiger partial charge in [-0.1, -0.05) is 27.7 Å². The Morgan fingerprint density at radius 2 is 1.07 bits per heavy atom. The Morgan fingerprint density at radius 1 is 0.644 bits per heavy atom. The molecule has 6 heterocycles. The van der Waals surface area contributed by atoms with Gasteiger partial charge in [0, 0.05) is 19.5 Å². The summed E-state index contributed by atoms with van der Waals surface area (Å²) in [7, 11) is -3.25. The molecule has 8 fully saturated rings. The summed E-state index contributed by atoms with van der Waals surface area (Å²) in [5.41, 5.74) is -0.684. The Morgan fingerprint density at radius 3 is 1.49 bits per heavy atom. The molecule has 6 saturated heterocycles. The highest BCUT2D eigenvalue weighted by Crippen LogP contribution is 2.65. The molecule has 9 nitrogen and oxygen atoms in total. The van der Waals surface area contributed by atoms with Crippen LogP contribution in [0.3, 0.4) is 0 Å². The van der Waals surface area contributed by atoms with Gasteiger partial charge in [-0.3, -0.25) is 4.57 Å². The Bertz CT molecular complexity index is 1120. The second kappa shape index (κ2) is 11.0. The fourth-order valence-corrected chi connectivity index (χ4v) is 12.8. The molecule has 6 aliphatic heterocycles. The van der Waals surface area contributed by atoms with Gasteiger partial charge in [-0.05, 0) is 113 Å². The van der Waals surface area contributed by atoms with Gasteiger partial charge in [-0.2, -0.15) is 0 Å². The second-order valence-corrected chi connectivity index (χ2v) is 18.8. The van der Waals surface area contributed by atoms with Gasteiger partial charge in [0.1, 0.15) is 11.2 Å². The van der Waals surface area contributed by atoms with Crippen molar-refractivity contribution in [3.8, 4) is 0 Å². The Hall–Kier alpha value is -0.0900. The molecule has 2 aliphatic carbocycles. The lowest BCUT2D eigenvalue weighted by molar-refractivity contribution is -0.289. The molecular formula is C35H57O9P. The summed E-state index contributed by atoms with van der Waals surface area (Å²) in [4.78, 5) is 0. The third-order valence-corrected chi connectivity index (χ3v) is 15.4. The van der Waals surface area contributed by atoms with Crippen molar-refractivity contribution >= 4 is 7.60 Å². The molecule has 0 aromatic rings. The van der Waals surface area contributed by atoms with Gasteiger partial charge in [0.15, 0.2) is 24.2 Å². The molecule has 16 atom stereocenters. The monoisotopic (exact) mass is 652 g/mol. The molecule has 0 unspecified atom stereocenters. The van der Waals surface area contributed by atoms with Crippen LogP contribution in [0.4, 0.5) is 0 Å². The van der Waals surface area contributed by atoms with Crippen molar-refractivity contribution in [2.45, 2.75) is 153 Å². The standard InChI is InChI=1S/C35H57O9P/c1-20-8-10-26-22(3)28(39-30-34(26)24(20)12-16-32(5,41-30)43-34)14-18-37-45(7,36)38-19-15-29-23(4)27-11-9-21(2)25-13-17-33(6)42-31(40-29)35(25,27)44-33/h20-31H,8-19H2,1-7H3/t20-,21-,22-,23-,24+,25+,26+,27+,28-,29-,30-,31-,32-,33-,34-,35-/m1/s1. The van der Waals surface area contributed by atoms with Crippen LogP contribution in [0.5, 0.6) is 0 Å². The van der Waals surface area contributed by atoms with E-state index >= 15 is 0 Å². The van der Waals surface area contributed by atoms with Crippen LogP contribution < -0.4 is 0 Å². The van der Waals surface area contributed by atoms with E-state index < -0.39 is 19.2 Å². The number of hydrogen-bond donors (Lipinski definition) is 0. The maximum atomic E-state index is 13.4. The highest BCUT2D eigenvalue weighted by Gasteiger charge is 2.72. The summed E-state index contributed by atoms with van der Waals surface area (Å²) < 4.78 is 65.2. The van der Waals surface area contributed by atoms with Crippen molar-refractivity contribution in [2.24, 2.45) is 47.3 Å². The SMILES string of the molecule is C[C@H]1[C@@H](CCOP(C)(=O)OCC[C@H]2O[C@@H]3O[C@@]4(C)CC[C@H]5[C@H](C)CC[C@@H]([C@H]2C)[C@@]35O4)O[C@@H]2O[C@@]3(C)CC[C@H]4[C@H](C)CC[C@@H]1[C@@]24O3. The highest BCUT2D eigenvalue weighted by atomic mass is 31.2. The zero-order valence-electron chi connectivity index (χ0n) is 28.5. The molecule has 8 rings (SSSR count). The first-order chi connectivity index (χ1) is 21.3. The third kappa shape index (κ3) is 4.86. The van der Waals surface area contributed by atoms with E-state index in [1.807, 2.05) is 0 Å². The van der Waals surface area contributed by atoms with Crippen LogP contribution in [0, 0.1) is 47.3 Å². The minimum atomic E-state index is -3.25. The van der Waals surface area contributed by atoms with Crippen molar-refractivity contribution in [3.63, 3.8) is 0 Å². The quantitative estimate of drug-likeness (QED) is 0.251. The normalized spacial score (nSPS) is 57.6. The summed E-state index contributed by atoms with van der Waals surface area (Å²) >= 11 is 0. The van der Waals surface area contributed by atoms with E-state index in [4.69, 9.17) is 37.5 Å². The van der Waals surface area contributed by atoms with Crippen LogP contribution in [-0.2, 0) is 42.0 Å². The summed E-state index contributed by atoms with van der Waals surface area (Å²) in [5.74, 6) is 2.46. The maximum Gasteiger partial charge on any atom is 0.327 e. The Balaban J connectivity index is 0.856. The number of hydrogen-bond acceptors (Lipinski definition) is 9. The van der Waals surface area contributed by atoms with Gasteiger partial charge in [0.25, 0.3) is 0 Å². The van der Waals surface area contributed by atoms with Gasteiger partial charge in [0.2, 0.25) is 0 Å². The van der Waals surface area contributed by atoms with E-state index in [1.54, 1.807) is 6.66 Å². The van der Waals surface area contributed by atoms with E-state index in [-0.39, 0.29) is 36.0 Å². The number of fused-ring (bicyclic) bond motifs is 2. The molecule has 0 N–H and O–H groups in total. The summed E-state index contributed by atoms with van der Waals surface area (Å²) in [6.07, 6.45) is 9.35. The van der Waals surface area contributed by atoms with E-state index in [2.05, 4.69) is 41.5 Å². The van der Waals surface area contributed by atoms with Crippen LogP contribution >= 0.6 is 7.60 Å². The lowest BCUT2D eigenvalue weighted by Crippen LogP contribution is -2.66. The first-order valence-electron chi connectivity index (χ1n) is 18.2. The van der Waals surface area contributed by atoms with E-state index in [0.717, 1.165) is 38.5 Å². The van der Waals surface area contributed by atoms with Crippen LogP contribution in [0.15, 0.2) is 0 Å². The second-order valence-electron chi connectivity index (χ2n) is 16.8. The van der Waals surface area contributed by atoms with Crippen LogP contribution in [-0.4, -0.2) is 67.4 Å². The molecule has 0 radical (unpaired) electrons. The van der Waals surface area contributed by atoms with E-state index in [1.165, 1.54) is 12.8 Å². The summed E-state index contributed by atoms with van der Waals surface area (Å²) in [6.45, 7) is 15.7. The lowest BCUT2D eigenvalue weighted by atomic mass is 9.56. The van der Waals surface area contributed by atoms with Crippen molar-refractivity contribution in [3.05, 3.63) is 0 Å². The van der Waals surface area contributed by atoms with Crippen LogP contribution in [0.2, 0.25) is 0 Å². The van der Waals surface area contributed by atoms with Crippen LogP contribution in [0.25, 0.3) is 0 Å². The lowest BCUT2D eigenvalue weighted by Gasteiger charge is -2.58. The molecule has 10 heteroatoms. The molecule has 2 spiro atoms. The predicted octanol–water partition coefficient (Wildman–Crippen LogP) is 7.26. The van der Waals surface area contributed by atoms with Crippen molar-refractivity contribution < 1.29 is 42.0 Å². The first kappa shape index (κ1) is 32.1. The van der Waals surface area contributed by atoms with Crippen molar-refractivity contribution in [2.75, 3.05) is 19.9 Å². The average Bonchev–Trinajstić information content (AvgIpc) is 3.33. The third-order valence-electron chi connectivity index (χ3n) is 14.1. The molecule has 2 saturated carbocycles. The smallest absolute Gasteiger partial charge is 0.327 e. The molecule has 45 heavy (non-hydrogen) atoms. The van der Waals surface area contributed by atoms with Gasteiger partial charge in [-0.15, -0.1) is 0 Å². The van der Waals surface area contributed by atoms with Gasteiger partial charge in [0.05, 0.1) is 25.4 Å². The highest BCUT2D eigenvalue weighted by molar-refractivity contribution is 7.52. The van der Waals surface area contributed by atoms with Crippen LogP contribution in [0.1, 0.15) is 106 Å². The van der Waals surface area contributed by atoms with Crippen molar-refractivity contribution in [1.29, 1.82) is 0 Å². The largest absolute Gasteiger partial charge is 0.346 e. The Kier molecular flexibility index (Phi) is 7.82. The molecule has 256 valence electrons. The average molecular weight is 653 g/mol. The Labute approximate surface area is 269 Å². The van der Waals surface area contributed by atoms with Gasteiger partial charge < -0.3 is 37.5 Å². The fraction of sp³-hybridized carbons (Fsp3) is 1.00. The minimum absolute atomic E-state index is 0.0352. The molecule has 0 amide bonds. The zero-order chi connectivity index (χ0) is 31.6. The molecule has 0 aromatic carbocycles. The van der Waals surface area contributed by atoms with Crippen molar-refractivity contribution in [1.82, 2.24) is 0 Å². The minimum Gasteiger partial charge on any atom is -0.346 e. The zero-order valence-corrected chi connectivity index (χ0v) is 29.4. The maximum absolute atomic E-state index is 13.4. The fourth-order valence-electron chi connectivity index (χ4n) is 11.9. The first-order valence-corrected chi connectivity index (χ1v) is 20.2. The number of ether oxygens (including phenoxy) is 6. The summed E-state index contributed by atoms with van der Waals surface area (Å²) in [6, 6.07) is 0. The molecule has 4 bridgehead atoms. The van der Waals surface area contributed by atoms with E-state index in [9.17, 15) is 4.57 Å². The van der Waals surface area contributed by atoms with E-state index in [0.29, 0.717) is 73.4 Å². The molecule has 0 aromatic heterocycles. The van der Waals surface area contributed by atoms with Gasteiger partial charge in [-0.25, -0.2) is 0 Å². The molecular weight excluding hydrogens is 595 g/mol. The number of rotatable bonds is 8. The van der Waals surface area contributed by atoms with Gasteiger partial charge >= 0.3 is 7.60 Å².